The Morgan fingerprint density at radius 1 is 1.20 bits per heavy atom. The lowest BCUT2D eigenvalue weighted by molar-refractivity contribution is -0.122. The number of thiophene rings is 1. The van der Waals surface area contributed by atoms with E-state index in [1.807, 2.05) is 22.8 Å². The molecule has 0 spiro atoms. The lowest BCUT2D eigenvalue weighted by atomic mass is 10.2. The zero-order valence-electron chi connectivity index (χ0n) is 14.6. The van der Waals surface area contributed by atoms with E-state index in [-0.39, 0.29) is 23.6 Å². The summed E-state index contributed by atoms with van der Waals surface area (Å²) in [6, 6.07) is 1.88. The summed E-state index contributed by atoms with van der Waals surface area (Å²) in [5, 5.41) is 6.28. The van der Waals surface area contributed by atoms with Gasteiger partial charge in [0.15, 0.2) is 0 Å². The van der Waals surface area contributed by atoms with Crippen molar-refractivity contribution in [3.63, 3.8) is 0 Å². The summed E-state index contributed by atoms with van der Waals surface area (Å²) in [6.45, 7) is 4.86. The van der Waals surface area contributed by atoms with E-state index in [4.69, 9.17) is 0 Å². The first-order chi connectivity index (χ1) is 12.0. The quantitative estimate of drug-likeness (QED) is 0.814. The molecule has 0 atom stereocenters. The molecule has 0 radical (unpaired) electrons. The zero-order chi connectivity index (χ0) is 18.0. The summed E-state index contributed by atoms with van der Waals surface area (Å²) in [7, 11) is 1.63. The average molecular weight is 364 g/mol. The molecule has 1 aromatic rings. The second-order valence-corrected chi connectivity index (χ2v) is 7.68. The largest absolute Gasteiger partial charge is 0.358 e. The second kappa shape index (κ2) is 7.53. The van der Waals surface area contributed by atoms with Crippen molar-refractivity contribution in [2.24, 2.45) is 5.92 Å². The molecule has 3 amide bonds. The van der Waals surface area contributed by atoms with Gasteiger partial charge in [-0.1, -0.05) is 0 Å². The van der Waals surface area contributed by atoms with Crippen LogP contribution in [-0.4, -0.2) is 67.3 Å². The van der Waals surface area contributed by atoms with Crippen LogP contribution in [0.4, 0.5) is 5.00 Å². The summed E-state index contributed by atoms with van der Waals surface area (Å²) in [6.07, 6.45) is 1.92. The molecule has 2 heterocycles. The van der Waals surface area contributed by atoms with Gasteiger partial charge in [-0.2, -0.15) is 0 Å². The third-order valence-electron chi connectivity index (χ3n) is 4.61. The maximum Gasteiger partial charge on any atom is 0.264 e. The molecule has 8 heteroatoms. The first kappa shape index (κ1) is 17.9. The summed E-state index contributed by atoms with van der Waals surface area (Å²) in [5.74, 6) is 0.206. The van der Waals surface area contributed by atoms with Crippen molar-refractivity contribution in [3.05, 3.63) is 16.5 Å². The molecule has 1 aromatic heterocycles. The molecule has 2 aliphatic rings. The summed E-state index contributed by atoms with van der Waals surface area (Å²) in [4.78, 5) is 40.7. The number of amides is 3. The van der Waals surface area contributed by atoms with E-state index in [0.717, 1.165) is 23.4 Å². The predicted octanol–water partition coefficient (Wildman–Crippen LogP) is 0.909. The van der Waals surface area contributed by atoms with Crippen LogP contribution in [0.2, 0.25) is 0 Å². The molecule has 0 aromatic carbocycles. The summed E-state index contributed by atoms with van der Waals surface area (Å²) < 4.78 is 0. The monoisotopic (exact) mass is 364 g/mol. The van der Waals surface area contributed by atoms with E-state index in [1.165, 1.54) is 11.3 Å². The maximum absolute atomic E-state index is 12.8. The van der Waals surface area contributed by atoms with E-state index < -0.39 is 0 Å². The smallest absolute Gasteiger partial charge is 0.264 e. The fraction of sp³-hybridized carbons (Fsp3) is 0.588. The minimum atomic E-state index is -0.00933. The fourth-order valence-electron chi connectivity index (χ4n) is 2.86. The van der Waals surface area contributed by atoms with Crippen molar-refractivity contribution >= 4 is 34.1 Å². The van der Waals surface area contributed by atoms with Crippen molar-refractivity contribution in [3.8, 4) is 0 Å². The van der Waals surface area contributed by atoms with Gasteiger partial charge in [0.05, 0.1) is 16.4 Å². The van der Waals surface area contributed by atoms with Crippen LogP contribution in [0, 0.1) is 12.8 Å². The van der Waals surface area contributed by atoms with Crippen LogP contribution in [0.3, 0.4) is 0 Å². The van der Waals surface area contributed by atoms with Gasteiger partial charge in [-0.15, -0.1) is 11.3 Å². The van der Waals surface area contributed by atoms with E-state index in [9.17, 15) is 14.4 Å². The number of carbonyl (C=O) groups excluding carboxylic acids is 3. The second-order valence-electron chi connectivity index (χ2n) is 6.63. The van der Waals surface area contributed by atoms with Crippen LogP contribution >= 0.6 is 11.3 Å². The lowest BCUT2D eigenvalue weighted by Crippen LogP contribution is -2.50. The number of hydrogen-bond acceptors (Lipinski definition) is 5. The van der Waals surface area contributed by atoms with E-state index in [2.05, 4.69) is 10.6 Å². The number of carbonyl (C=O) groups is 3. The minimum absolute atomic E-state index is 0.00835. The Bertz CT molecular complexity index is 675. The van der Waals surface area contributed by atoms with Crippen LogP contribution in [-0.2, 0) is 9.59 Å². The Morgan fingerprint density at radius 3 is 2.48 bits per heavy atom. The van der Waals surface area contributed by atoms with E-state index >= 15 is 0 Å². The molecule has 0 unspecified atom stereocenters. The van der Waals surface area contributed by atoms with Crippen molar-refractivity contribution in [1.29, 1.82) is 0 Å². The standard InChI is InChI=1S/C17H24N4O3S/c1-11-9-14(19-16(23)12-3-4-12)25-15(11)17(24)21-7-5-20(6-8-21)10-13(22)18-2/h9,12H,3-8,10H2,1-2H3,(H,18,22)(H,19,23). The number of nitrogens with one attached hydrogen (secondary N) is 2. The predicted molar refractivity (Wildman–Crippen MR) is 96.8 cm³/mol. The highest BCUT2D eigenvalue weighted by atomic mass is 32.1. The fourth-order valence-corrected chi connectivity index (χ4v) is 3.90. The van der Waals surface area contributed by atoms with E-state index in [0.29, 0.717) is 37.6 Å². The molecule has 1 saturated heterocycles. The van der Waals surface area contributed by atoms with Crippen molar-refractivity contribution in [2.45, 2.75) is 19.8 Å². The Morgan fingerprint density at radius 2 is 1.88 bits per heavy atom. The Kier molecular flexibility index (Phi) is 5.39. The van der Waals surface area contributed by atoms with Gasteiger partial charge >= 0.3 is 0 Å². The molecule has 0 bridgehead atoms. The summed E-state index contributed by atoms with van der Waals surface area (Å²) in [5.41, 5.74) is 0.897. The molecule has 7 nitrogen and oxygen atoms in total. The maximum atomic E-state index is 12.8. The van der Waals surface area contributed by atoms with Crippen LogP contribution in [0.1, 0.15) is 28.1 Å². The van der Waals surface area contributed by atoms with Gasteiger partial charge in [0, 0.05) is 39.1 Å². The molecule has 25 heavy (non-hydrogen) atoms. The Balaban J connectivity index is 1.57. The number of aryl methyl sites for hydroxylation is 1. The number of likely N-dealkylation sites (N-methyl/N-ethyl adjacent to an activating group) is 1. The third-order valence-corrected chi connectivity index (χ3v) is 5.75. The van der Waals surface area contributed by atoms with Crippen LogP contribution < -0.4 is 10.6 Å². The number of nitrogens with zero attached hydrogens (tertiary/aromatic N) is 2. The van der Waals surface area contributed by atoms with Crippen LogP contribution in [0.25, 0.3) is 0 Å². The molecule has 1 aliphatic carbocycles. The first-order valence-electron chi connectivity index (χ1n) is 8.61. The van der Waals surface area contributed by atoms with Gasteiger partial charge in [0.25, 0.3) is 5.91 Å². The normalized spacial score (nSPS) is 18.1. The lowest BCUT2D eigenvalue weighted by Gasteiger charge is -2.34. The van der Waals surface area contributed by atoms with Crippen molar-refractivity contribution in [1.82, 2.24) is 15.1 Å². The van der Waals surface area contributed by atoms with Gasteiger partial charge in [0.2, 0.25) is 11.8 Å². The molecule has 1 aliphatic heterocycles. The van der Waals surface area contributed by atoms with Gasteiger partial charge in [-0.05, 0) is 31.4 Å². The molecule has 136 valence electrons. The highest BCUT2D eigenvalue weighted by Crippen LogP contribution is 2.33. The molecule has 2 fully saturated rings. The van der Waals surface area contributed by atoms with Crippen LogP contribution in [0.15, 0.2) is 6.07 Å². The molecule has 2 N–H and O–H groups in total. The average Bonchev–Trinajstić information content (AvgIpc) is 3.39. The van der Waals surface area contributed by atoms with Gasteiger partial charge < -0.3 is 15.5 Å². The Labute approximate surface area is 151 Å². The van der Waals surface area contributed by atoms with Crippen molar-refractivity contribution in [2.75, 3.05) is 45.1 Å². The van der Waals surface area contributed by atoms with Gasteiger partial charge in [-0.25, -0.2) is 0 Å². The third kappa shape index (κ3) is 4.38. The van der Waals surface area contributed by atoms with E-state index in [1.54, 1.807) is 7.05 Å². The highest BCUT2D eigenvalue weighted by molar-refractivity contribution is 7.18. The number of piperazine rings is 1. The molecular weight excluding hydrogens is 340 g/mol. The highest BCUT2D eigenvalue weighted by Gasteiger charge is 2.30. The summed E-state index contributed by atoms with van der Waals surface area (Å²) >= 11 is 1.35. The molecular formula is C17H24N4O3S. The number of anilines is 1. The zero-order valence-corrected chi connectivity index (χ0v) is 15.4. The first-order valence-corrected chi connectivity index (χ1v) is 9.43. The number of rotatable bonds is 5. The number of hydrogen-bond donors (Lipinski definition) is 2. The van der Waals surface area contributed by atoms with Gasteiger partial charge in [-0.3, -0.25) is 19.3 Å². The minimum Gasteiger partial charge on any atom is -0.358 e. The topological polar surface area (TPSA) is 81.8 Å². The van der Waals surface area contributed by atoms with Crippen molar-refractivity contribution < 1.29 is 14.4 Å². The van der Waals surface area contributed by atoms with Gasteiger partial charge in [0.1, 0.15) is 0 Å². The SMILES string of the molecule is CNC(=O)CN1CCN(C(=O)c2sc(NC(=O)C3CC3)cc2C)CC1. The Hall–Kier alpha value is -1.93. The molecule has 1 saturated carbocycles. The van der Waals surface area contributed by atoms with Crippen LogP contribution in [0.5, 0.6) is 0 Å². The molecule has 3 rings (SSSR count).